The zero-order valence-electron chi connectivity index (χ0n) is 15.2. The average Bonchev–Trinajstić information content (AvgIpc) is 2.67. The van der Waals surface area contributed by atoms with Crippen LogP contribution in [0.15, 0.2) is 66.9 Å². The molecule has 0 atom stereocenters. The number of benzene rings is 2. The molecule has 28 heavy (non-hydrogen) atoms. The van der Waals surface area contributed by atoms with Crippen LogP contribution >= 0.6 is 0 Å². The summed E-state index contributed by atoms with van der Waals surface area (Å²) in [6, 6.07) is 16.8. The number of amides is 2. The minimum absolute atomic E-state index is 0.0864. The Balaban J connectivity index is 1.61. The molecule has 3 N–H and O–H groups in total. The lowest BCUT2D eigenvalue weighted by Crippen LogP contribution is -2.24. The van der Waals surface area contributed by atoms with Crippen LogP contribution in [0.2, 0.25) is 0 Å². The molecule has 0 radical (unpaired) electrons. The van der Waals surface area contributed by atoms with Gasteiger partial charge in [-0.1, -0.05) is 24.3 Å². The molecule has 0 fully saturated rings. The van der Waals surface area contributed by atoms with Crippen molar-refractivity contribution in [1.82, 2.24) is 10.3 Å². The fourth-order valence-corrected chi connectivity index (χ4v) is 2.55. The fourth-order valence-electron chi connectivity index (χ4n) is 2.55. The molecular formula is C21H19FN4O2. The highest BCUT2D eigenvalue weighted by atomic mass is 19.1. The van der Waals surface area contributed by atoms with Crippen LogP contribution in [-0.2, 0) is 11.3 Å². The average molecular weight is 378 g/mol. The summed E-state index contributed by atoms with van der Waals surface area (Å²) in [5, 5.41) is 8.52. The van der Waals surface area contributed by atoms with Crippen molar-refractivity contribution in [2.45, 2.75) is 13.5 Å². The zero-order chi connectivity index (χ0) is 19.9. The largest absolute Gasteiger partial charge is 0.354 e. The van der Waals surface area contributed by atoms with Gasteiger partial charge in [0.25, 0.3) is 5.91 Å². The highest BCUT2D eigenvalue weighted by Gasteiger charge is 2.09. The number of nitrogens with one attached hydrogen (secondary N) is 3. The lowest BCUT2D eigenvalue weighted by Gasteiger charge is -2.09. The lowest BCUT2D eigenvalue weighted by molar-refractivity contribution is -0.114. The van der Waals surface area contributed by atoms with Crippen LogP contribution in [0.4, 0.5) is 21.5 Å². The summed E-state index contributed by atoms with van der Waals surface area (Å²) >= 11 is 0. The molecule has 2 amide bonds. The molecule has 1 heterocycles. The Hall–Kier alpha value is -3.74. The van der Waals surface area contributed by atoms with Crippen LogP contribution in [0, 0.1) is 5.82 Å². The maximum Gasteiger partial charge on any atom is 0.270 e. The van der Waals surface area contributed by atoms with Gasteiger partial charge in [-0.05, 0) is 36.4 Å². The van der Waals surface area contributed by atoms with Crippen LogP contribution < -0.4 is 16.0 Å². The van der Waals surface area contributed by atoms with Gasteiger partial charge in [-0.15, -0.1) is 0 Å². The smallest absolute Gasteiger partial charge is 0.270 e. The van der Waals surface area contributed by atoms with Crippen molar-refractivity contribution in [3.05, 3.63) is 83.9 Å². The van der Waals surface area contributed by atoms with Crippen LogP contribution in [0.25, 0.3) is 0 Å². The van der Waals surface area contributed by atoms with E-state index in [-0.39, 0.29) is 29.9 Å². The Kier molecular flexibility index (Phi) is 5.96. The Bertz CT molecular complexity index is 990. The SMILES string of the molecule is CC(=O)Nc1cccc(Nc2ccc(C(=O)NCc3ccccc3F)nc2)c1. The first-order valence-corrected chi connectivity index (χ1v) is 8.63. The number of pyridine rings is 1. The van der Waals surface area contributed by atoms with E-state index in [1.54, 1.807) is 42.5 Å². The molecule has 2 aromatic carbocycles. The van der Waals surface area contributed by atoms with Crippen LogP contribution in [0.5, 0.6) is 0 Å². The van der Waals surface area contributed by atoms with E-state index in [1.165, 1.54) is 19.2 Å². The summed E-state index contributed by atoms with van der Waals surface area (Å²) in [5.74, 6) is -0.899. The van der Waals surface area contributed by atoms with Gasteiger partial charge in [-0.2, -0.15) is 0 Å². The number of hydrogen-bond donors (Lipinski definition) is 3. The maximum absolute atomic E-state index is 13.6. The maximum atomic E-state index is 13.6. The highest BCUT2D eigenvalue weighted by Crippen LogP contribution is 2.20. The van der Waals surface area contributed by atoms with Crippen molar-refractivity contribution in [2.24, 2.45) is 0 Å². The predicted molar refractivity (Wildman–Crippen MR) is 106 cm³/mol. The Morgan fingerprint density at radius 1 is 0.964 bits per heavy atom. The van der Waals surface area contributed by atoms with Crippen molar-refractivity contribution < 1.29 is 14.0 Å². The minimum atomic E-state index is -0.387. The molecule has 0 spiro atoms. The highest BCUT2D eigenvalue weighted by molar-refractivity contribution is 5.92. The molecule has 0 saturated carbocycles. The summed E-state index contributed by atoms with van der Waals surface area (Å²) in [6.45, 7) is 1.53. The van der Waals surface area contributed by atoms with E-state index in [0.717, 1.165) is 5.69 Å². The van der Waals surface area contributed by atoms with Gasteiger partial charge in [0, 0.05) is 30.4 Å². The van der Waals surface area contributed by atoms with E-state index < -0.39 is 0 Å². The molecule has 0 bridgehead atoms. The minimum Gasteiger partial charge on any atom is -0.354 e. The number of halogens is 1. The lowest BCUT2D eigenvalue weighted by atomic mass is 10.2. The van der Waals surface area contributed by atoms with Crippen molar-refractivity contribution in [2.75, 3.05) is 10.6 Å². The monoisotopic (exact) mass is 378 g/mol. The Morgan fingerprint density at radius 3 is 2.46 bits per heavy atom. The van der Waals surface area contributed by atoms with E-state index in [1.807, 2.05) is 12.1 Å². The van der Waals surface area contributed by atoms with Gasteiger partial charge >= 0.3 is 0 Å². The number of hydrogen-bond acceptors (Lipinski definition) is 4. The molecule has 1 aromatic heterocycles. The summed E-state index contributed by atoms with van der Waals surface area (Å²) < 4.78 is 13.6. The fraction of sp³-hybridized carbons (Fsp3) is 0.0952. The third-order valence-electron chi connectivity index (χ3n) is 3.86. The number of rotatable bonds is 6. The summed E-state index contributed by atoms with van der Waals surface area (Å²) in [5.41, 5.74) is 2.77. The molecule has 3 aromatic rings. The van der Waals surface area contributed by atoms with E-state index in [4.69, 9.17) is 0 Å². The predicted octanol–water partition coefficient (Wildman–Crippen LogP) is 3.85. The molecule has 0 aliphatic carbocycles. The Labute approximate surface area is 161 Å². The quantitative estimate of drug-likeness (QED) is 0.608. The summed E-state index contributed by atoms with van der Waals surface area (Å²) in [6.07, 6.45) is 1.53. The number of carbonyl (C=O) groups is 2. The number of anilines is 3. The third kappa shape index (κ3) is 5.14. The first-order valence-electron chi connectivity index (χ1n) is 8.63. The van der Waals surface area contributed by atoms with Crippen LogP contribution in [0.3, 0.4) is 0 Å². The number of carbonyl (C=O) groups excluding carboxylic acids is 2. The Morgan fingerprint density at radius 2 is 1.75 bits per heavy atom. The van der Waals surface area contributed by atoms with Crippen LogP contribution in [0.1, 0.15) is 23.0 Å². The van der Waals surface area contributed by atoms with E-state index in [2.05, 4.69) is 20.9 Å². The molecule has 6 nitrogen and oxygen atoms in total. The number of aromatic nitrogens is 1. The first kappa shape index (κ1) is 19.0. The van der Waals surface area contributed by atoms with Crippen molar-refractivity contribution >= 4 is 28.9 Å². The standard InChI is InChI=1S/C21H19FN4O2/c1-14(27)25-16-6-4-7-17(11-16)26-18-9-10-20(23-13-18)21(28)24-12-15-5-2-3-8-19(15)22/h2-11,13,26H,12H2,1H3,(H,24,28)(H,25,27). The molecule has 0 aliphatic rings. The molecule has 0 unspecified atom stereocenters. The summed E-state index contributed by atoms with van der Waals surface area (Å²) in [4.78, 5) is 27.5. The molecule has 3 rings (SSSR count). The second-order valence-corrected chi connectivity index (χ2v) is 6.09. The van der Waals surface area contributed by atoms with E-state index in [0.29, 0.717) is 16.9 Å². The van der Waals surface area contributed by atoms with Gasteiger partial charge in [0.1, 0.15) is 11.5 Å². The third-order valence-corrected chi connectivity index (χ3v) is 3.86. The topological polar surface area (TPSA) is 83.1 Å². The zero-order valence-corrected chi connectivity index (χ0v) is 15.2. The van der Waals surface area contributed by atoms with Crippen molar-refractivity contribution in [3.8, 4) is 0 Å². The van der Waals surface area contributed by atoms with E-state index >= 15 is 0 Å². The second-order valence-electron chi connectivity index (χ2n) is 6.09. The van der Waals surface area contributed by atoms with Crippen molar-refractivity contribution in [1.29, 1.82) is 0 Å². The van der Waals surface area contributed by atoms with Gasteiger partial charge < -0.3 is 16.0 Å². The van der Waals surface area contributed by atoms with Gasteiger partial charge in [-0.3, -0.25) is 9.59 Å². The molecule has 0 saturated heterocycles. The van der Waals surface area contributed by atoms with Crippen LogP contribution in [-0.4, -0.2) is 16.8 Å². The summed E-state index contributed by atoms with van der Waals surface area (Å²) in [7, 11) is 0. The second kappa shape index (κ2) is 8.77. The molecule has 7 heteroatoms. The van der Waals surface area contributed by atoms with Gasteiger partial charge in [0.15, 0.2) is 0 Å². The molecule has 0 aliphatic heterocycles. The van der Waals surface area contributed by atoms with Gasteiger partial charge in [0.2, 0.25) is 5.91 Å². The first-order chi connectivity index (χ1) is 13.5. The number of nitrogens with zero attached hydrogens (tertiary/aromatic N) is 1. The van der Waals surface area contributed by atoms with Crippen molar-refractivity contribution in [3.63, 3.8) is 0 Å². The molecule has 142 valence electrons. The van der Waals surface area contributed by atoms with E-state index in [9.17, 15) is 14.0 Å². The van der Waals surface area contributed by atoms with Gasteiger partial charge in [-0.25, -0.2) is 9.37 Å². The molecular weight excluding hydrogens is 359 g/mol. The van der Waals surface area contributed by atoms with Gasteiger partial charge in [0.05, 0.1) is 11.9 Å². The normalized spacial score (nSPS) is 10.2.